The minimum atomic E-state index is -0.840. The molecule has 8 heteroatoms. The van der Waals surface area contributed by atoms with Gasteiger partial charge in [-0.3, -0.25) is 9.69 Å². The number of esters is 1. The van der Waals surface area contributed by atoms with Gasteiger partial charge in [0.2, 0.25) is 5.91 Å². The Morgan fingerprint density at radius 2 is 1.63 bits per heavy atom. The first-order valence-corrected chi connectivity index (χ1v) is 14.2. The van der Waals surface area contributed by atoms with Crippen LogP contribution in [0.15, 0.2) is 72.8 Å². The highest BCUT2D eigenvalue weighted by Crippen LogP contribution is 2.25. The number of ether oxygens (including phenoxy) is 3. The minimum absolute atomic E-state index is 0.119. The normalized spacial score (nSPS) is 17.7. The van der Waals surface area contributed by atoms with Crippen molar-refractivity contribution in [2.45, 2.75) is 84.0 Å². The van der Waals surface area contributed by atoms with Crippen molar-refractivity contribution in [1.82, 2.24) is 10.2 Å². The second-order valence-electron chi connectivity index (χ2n) is 11.4. The number of hydrogen-bond acceptors (Lipinski definition) is 6. The van der Waals surface area contributed by atoms with Crippen molar-refractivity contribution in [2.75, 3.05) is 6.54 Å². The molecule has 1 aliphatic rings. The molecule has 2 amide bonds. The molecule has 3 atom stereocenters. The smallest absolute Gasteiger partial charge is 0.411 e. The largest absolute Gasteiger partial charge is 0.459 e. The van der Waals surface area contributed by atoms with Gasteiger partial charge in [-0.05, 0) is 55.2 Å². The van der Waals surface area contributed by atoms with Crippen LogP contribution in [0, 0.1) is 0 Å². The second kappa shape index (κ2) is 13.6. The molecule has 8 nitrogen and oxygen atoms in total. The highest BCUT2D eigenvalue weighted by molar-refractivity contribution is 5.90. The van der Waals surface area contributed by atoms with Crippen LogP contribution in [0.3, 0.4) is 0 Å². The van der Waals surface area contributed by atoms with Gasteiger partial charge >= 0.3 is 12.1 Å². The molecule has 0 bridgehead atoms. The fourth-order valence-electron chi connectivity index (χ4n) is 4.87. The van der Waals surface area contributed by atoms with Crippen molar-refractivity contribution in [2.24, 2.45) is 0 Å². The molecule has 1 aliphatic heterocycles. The first kappa shape index (κ1) is 30.1. The quantitative estimate of drug-likeness (QED) is 0.317. The van der Waals surface area contributed by atoms with Crippen LogP contribution in [0.4, 0.5) is 4.79 Å². The molecule has 1 saturated heterocycles. The van der Waals surface area contributed by atoms with Gasteiger partial charge in [0.1, 0.15) is 24.3 Å². The minimum Gasteiger partial charge on any atom is -0.459 e. The molecule has 0 saturated carbocycles. The average Bonchev–Trinajstić information content (AvgIpc) is 3.39. The number of likely N-dealkylation sites (tertiary alicyclic amines) is 1. The molecule has 41 heavy (non-hydrogen) atoms. The lowest BCUT2D eigenvalue weighted by molar-refractivity contribution is -0.149. The summed E-state index contributed by atoms with van der Waals surface area (Å²) in [5, 5.41) is 5.11. The first-order valence-electron chi connectivity index (χ1n) is 14.2. The van der Waals surface area contributed by atoms with Crippen molar-refractivity contribution in [3.05, 3.63) is 83.9 Å². The van der Waals surface area contributed by atoms with E-state index in [0.29, 0.717) is 19.4 Å². The topological polar surface area (TPSA) is 94.2 Å². The molecule has 218 valence electrons. The van der Waals surface area contributed by atoms with E-state index in [4.69, 9.17) is 14.2 Å². The van der Waals surface area contributed by atoms with Crippen molar-refractivity contribution in [3.63, 3.8) is 0 Å². The van der Waals surface area contributed by atoms with E-state index in [0.717, 1.165) is 21.9 Å². The molecule has 0 aliphatic carbocycles. The fourth-order valence-corrected chi connectivity index (χ4v) is 4.87. The van der Waals surface area contributed by atoms with Crippen molar-refractivity contribution in [1.29, 1.82) is 0 Å². The fraction of sp³-hybridized carbons (Fsp3) is 0.424. The number of benzene rings is 3. The van der Waals surface area contributed by atoms with Crippen LogP contribution in [-0.4, -0.2) is 53.2 Å². The summed E-state index contributed by atoms with van der Waals surface area (Å²) in [5.41, 5.74) is 1.14. The van der Waals surface area contributed by atoms with Gasteiger partial charge in [-0.25, -0.2) is 9.59 Å². The Morgan fingerprint density at radius 3 is 2.34 bits per heavy atom. The maximum Gasteiger partial charge on any atom is 0.411 e. The van der Waals surface area contributed by atoms with Gasteiger partial charge < -0.3 is 19.5 Å². The Balaban J connectivity index is 1.43. The lowest BCUT2D eigenvalue weighted by atomic mass is 10.1. The molecule has 4 rings (SSSR count). The molecular formula is C33H40N2O6. The van der Waals surface area contributed by atoms with Crippen LogP contribution in [0.5, 0.6) is 0 Å². The van der Waals surface area contributed by atoms with Crippen LogP contribution in [0.1, 0.15) is 58.1 Å². The molecule has 0 radical (unpaired) electrons. The van der Waals surface area contributed by atoms with Crippen molar-refractivity contribution >= 4 is 28.7 Å². The second-order valence-corrected chi connectivity index (χ2v) is 11.4. The standard InChI is InChI=1S/C33H40N2O6/c1-5-11-28(31(37)40-21-23-12-7-6-8-13-23)34-30(36)29-19-27(20-35(29)32(38)41-33(2,3)4)39-22-24-16-17-25-14-9-10-15-26(25)18-24/h6-10,12-18,27-29H,5,11,19-22H2,1-4H3,(H,34,36). The number of carbonyl (C=O) groups is 3. The third-order valence-electron chi connectivity index (χ3n) is 6.90. The van der Waals surface area contributed by atoms with Gasteiger partial charge in [-0.2, -0.15) is 0 Å². The molecule has 0 aromatic heterocycles. The summed E-state index contributed by atoms with van der Waals surface area (Å²) in [6, 6.07) is 22.0. The van der Waals surface area contributed by atoms with E-state index < -0.39 is 35.7 Å². The number of fused-ring (bicyclic) bond motifs is 1. The zero-order valence-electron chi connectivity index (χ0n) is 24.3. The number of hydrogen-bond donors (Lipinski definition) is 1. The molecule has 3 aromatic rings. The summed E-state index contributed by atoms with van der Waals surface area (Å²) >= 11 is 0. The van der Waals surface area contributed by atoms with Gasteiger partial charge in [0, 0.05) is 6.42 Å². The Morgan fingerprint density at radius 1 is 0.927 bits per heavy atom. The molecular weight excluding hydrogens is 520 g/mol. The summed E-state index contributed by atoms with van der Waals surface area (Å²) in [6.07, 6.45) is 0.410. The predicted octanol–water partition coefficient (Wildman–Crippen LogP) is 5.76. The Hall–Kier alpha value is -3.91. The van der Waals surface area contributed by atoms with E-state index in [9.17, 15) is 14.4 Å². The van der Waals surface area contributed by atoms with Gasteiger partial charge in [0.25, 0.3) is 0 Å². The van der Waals surface area contributed by atoms with Gasteiger partial charge in [0.05, 0.1) is 19.3 Å². The summed E-state index contributed by atoms with van der Waals surface area (Å²) in [6.45, 7) is 7.95. The first-order chi connectivity index (χ1) is 19.6. The zero-order valence-corrected chi connectivity index (χ0v) is 24.3. The van der Waals surface area contributed by atoms with Crippen LogP contribution < -0.4 is 5.32 Å². The highest BCUT2D eigenvalue weighted by atomic mass is 16.6. The number of rotatable bonds is 10. The third kappa shape index (κ3) is 8.54. The SMILES string of the molecule is CCCC(NC(=O)C1CC(OCc2ccc3ccccc3c2)CN1C(=O)OC(C)(C)C)C(=O)OCc1ccccc1. The van der Waals surface area contributed by atoms with Crippen molar-refractivity contribution < 1.29 is 28.6 Å². The number of amides is 2. The molecule has 3 aromatic carbocycles. The van der Waals surface area contributed by atoms with Crippen molar-refractivity contribution in [3.8, 4) is 0 Å². The monoisotopic (exact) mass is 560 g/mol. The van der Waals surface area contributed by atoms with E-state index in [1.807, 2.05) is 55.5 Å². The molecule has 0 spiro atoms. The van der Waals surface area contributed by atoms with Gasteiger partial charge in [-0.1, -0.05) is 80.1 Å². The maximum absolute atomic E-state index is 13.5. The van der Waals surface area contributed by atoms with Crippen LogP contribution in [0.25, 0.3) is 10.8 Å². The van der Waals surface area contributed by atoms with Crippen LogP contribution in [0.2, 0.25) is 0 Å². The summed E-state index contributed by atoms with van der Waals surface area (Å²) in [4.78, 5) is 41.0. The molecule has 1 heterocycles. The van der Waals surface area contributed by atoms with Crippen LogP contribution >= 0.6 is 0 Å². The van der Waals surface area contributed by atoms with E-state index in [1.54, 1.807) is 20.8 Å². The predicted molar refractivity (Wildman–Crippen MR) is 157 cm³/mol. The number of carbonyl (C=O) groups excluding carboxylic acids is 3. The van der Waals surface area contributed by atoms with E-state index in [1.165, 1.54) is 4.90 Å². The van der Waals surface area contributed by atoms with Gasteiger partial charge in [0.15, 0.2) is 0 Å². The summed E-state index contributed by atoms with van der Waals surface area (Å²) in [7, 11) is 0. The Kier molecular flexibility index (Phi) is 10.00. The Labute approximate surface area is 242 Å². The lowest BCUT2D eigenvalue weighted by Gasteiger charge is -2.28. The summed E-state index contributed by atoms with van der Waals surface area (Å²) < 4.78 is 17.3. The molecule has 3 unspecified atom stereocenters. The number of nitrogens with one attached hydrogen (secondary N) is 1. The highest BCUT2D eigenvalue weighted by Gasteiger charge is 2.43. The van der Waals surface area contributed by atoms with Crippen LogP contribution in [-0.2, 0) is 37.0 Å². The third-order valence-corrected chi connectivity index (χ3v) is 6.90. The van der Waals surface area contributed by atoms with Gasteiger partial charge in [-0.15, -0.1) is 0 Å². The summed E-state index contributed by atoms with van der Waals surface area (Å²) in [5.74, 6) is -0.933. The average molecular weight is 561 g/mol. The number of nitrogens with zero attached hydrogens (tertiary/aromatic N) is 1. The van der Waals surface area contributed by atoms with E-state index in [2.05, 4.69) is 29.6 Å². The molecule has 1 N–H and O–H groups in total. The molecule has 1 fully saturated rings. The zero-order chi connectivity index (χ0) is 29.4. The maximum atomic E-state index is 13.5. The Bertz CT molecular complexity index is 1340. The van der Waals surface area contributed by atoms with E-state index >= 15 is 0 Å². The lowest BCUT2D eigenvalue weighted by Crippen LogP contribution is -2.51. The van der Waals surface area contributed by atoms with E-state index in [-0.39, 0.29) is 25.7 Å².